The van der Waals surface area contributed by atoms with Crippen LogP contribution in [0, 0.1) is 0 Å². The van der Waals surface area contributed by atoms with E-state index in [0.29, 0.717) is 13.1 Å². The maximum Gasteiger partial charge on any atom is 0.407 e. The summed E-state index contributed by atoms with van der Waals surface area (Å²) in [4.78, 5) is 22.5. The van der Waals surface area contributed by atoms with Gasteiger partial charge in [0.15, 0.2) is 0 Å². The van der Waals surface area contributed by atoms with Crippen molar-refractivity contribution in [1.82, 2.24) is 4.90 Å². The number of amides is 1. The SMILES string of the molecule is C=CC(=O)OC(C)(C)C.COc1cc(C=C2CN(C(=O)O)C2)cc(OC)c1. The van der Waals surface area contributed by atoms with Crippen LogP contribution in [0.4, 0.5) is 4.79 Å². The molecule has 0 radical (unpaired) electrons. The van der Waals surface area contributed by atoms with Gasteiger partial charge in [0, 0.05) is 25.2 Å². The summed E-state index contributed by atoms with van der Waals surface area (Å²) in [6.45, 7) is 9.65. The van der Waals surface area contributed by atoms with Crippen LogP contribution in [-0.2, 0) is 9.53 Å². The van der Waals surface area contributed by atoms with Crippen LogP contribution in [0.3, 0.4) is 0 Å². The second kappa shape index (κ2) is 9.66. The second-order valence-electron chi connectivity index (χ2n) is 6.82. The summed E-state index contributed by atoms with van der Waals surface area (Å²) < 4.78 is 15.2. The highest BCUT2D eigenvalue weighted by molar-refractivity contribution is 5.81. The van der Waals surface area contributed by atoms with Gasteiger partial charge in [-0.15, -0.1) is 0 Å². The van der Waals surface area contributed by atoms with Gasteiger partial charge in [-0.25, -0.2) is 9.59 Å². The summed E-state index contributed by atoms with van der Waals surface area (Å²) in [6.07, 6.45) is 2.24. The van der Waals surface area contributed by atoms with Crippen molar-refractivity contribution in [1.29, 1.82) is 0 Å². The Bertz CT molecular complexity index is 687. The topological polar surface area (TPSA) is 85.3 Å². The molecule has 1 fully saturated rings. The van der Waals surface area contributed by atoms with Crippen molar-refractivity contribution < 1.29 is 28.9 Å². The molecular weight excluding hydrogens is 350 g/mol. The summed E-state index contributed by atoms with van der Waals surface area (Å²) in [5.41, 5.74) is 1.63. The Labute approximate surface area is 159 Å². The molecule has 1 aromatic carbocycles. The van der Waals surface area contributed by atoms with E-state index in [2.05, 4.69) is 6.58 Å². The molecule has 1 aliphatic rings. The maximum absolute atomic E-state index is 10.6. The van der Waals surface area contributed by atoms with Crippen LogP contribution >= 0.6 is 0 Å². The Morgan fingerprint density at radius 3 is 1.96 bits per heavy atom. The molecule has 7 heteroatoms. The van der Waals surface area contributed by atoms with Crippen LogP contribution in [0.2, 0.25) is 0 Å². The van der Waals surface area contributed by atoms with Gasteiger partial charge in [0.05, 0.1) is 14.2 Å². The number of benzene rings is 1. The summed E-state index contributed by atoms with van der Waals surface area (Å²) in [5.74, 6) is 1.06. The first kappa shape index (κ1) is 22.1. The number of methoxy groups -OCH3 is 2. The van der Waals surface area contributed by atoms with Crippen molar-refractivity contribution >= 4 is 18.1 Å². The zero-order valence-corrected chi connectivity index (χ0v) is 16.4. The third kappa shape index (κ3) is 7.85. The molecule has 27 heavy (non-hydrogen) atoms. The van der Waals surface area contributed by atoms with Gasteiger partial charge < -0.3 is 24.2 Å². The average Bonchev–Trinajstić information content (AvgIpc) is 2.55. The fourth-order valence-corrected chi connectivity index (χ4v) is 2.16. The Hall–Kier alpha value is -2.96. The first-order valence-electron chi connectivity index (χ1n) is 8.33. The number of likely N-dealkylation sites (tertiary alicyclic amines) is 1. The molecule has 0 spiro atoms. The van der Waals surface area contributed by atoms with Gasteiger partial charge in [-0.3, -0.25) is 0 Å². The van der Waals surface area contributed by atoms with Gasteiger partial charge in [-0.1, -0.05) is 12.7 Å². The molecule has 0 bridgehead atoms. The molecule has 1 heterocycles. The highest BCUT2D eigenvalue weighted by atomic mass is 16.6. The second-order valence-corrected chi connectivity index (χ2v) is 6.82. The zero-order chi connectivity index (χ0) is 20.6. The Morgan fingerprint density at radius 2 is 1.63 bits per heavy atom. The van der Waals surface area contributed by atoms with Crippen LogP contribution < -0.4 is 9.47 Å². The third-order valence-electron chi connectivity index (χ3n) is 3.38. The molecule has 148 valence electrons. The Balaban J connectivity index is 0.000000345. The fourth-order valence-electron chi connectivity index (χ4n) is 2.16. The summed E-state index contributed by atoms with van der Waals surface area (Å²) >= 11 is 0. The van der Waals surface area contributed by atoms with E-state index in [-0.39, 0.29) is 5.97 Å². The lowest BCUT2D eigenvalue weighted by atomic mass is 10.0. The van der Waals surface area contributed by atoms with Crippen LogP contribution in [0.25, 0.3) is 6.08 Å². The normalized spacial score (nSPS) is 12.8. The predicted molar refractivity (Wildman–Crippen MR) is 103 cm³/mol. The number of ether oxygens (including phenoxy) is 3. The van der Waals surface area contributed by atoms with Gasteiger partial charge in [0.25, 0.3) is 0 Å². The zero-order valence-electron chi connectivity index (χ0n) is 16.4. The molecule has 1 N–H and O–H groups in total. The molecule has 0 saturated carbocycles. The lowest BCUT2D eigenvalue weighted by molar-refractivity contribution is -0.148. The van der Waals surface area contributed by atoms with E-state index >= 15 is 0 Å². The standard InChI is InChI=1S/C13H15NO4.C7H12O2/c1-17-11-4-9(5-12(6-11)18-2)3-10-7-14(8-10)13(15)16;1-5-6(8)9-7(2,3)4/h3-6H,7-8H2,1-2H3,(H,15,16);5H,1H2,2-4H3. The number of hydrogen-bond donors (Lipinski definition) is 1. The number of rotatable bonds is 4. The molecular formula is C20H27NO6. The summed E-state index contributed by atoms with van der Waals surface area (Å²) in [5, 5.41) is 8.74. The van der Waals surface area contributed by atoms with Crippen molar-refractivity contribution in [2.24, 2.45) is 0 Å². The monoisotopic (exact) mass is 377 g/mol. The molecule has 0 atom stereocenters. The highest BCUT2D eigenvalue weighted by Crippen LogP contribution is 2.25. The molecule has 1 amide bonds. The van der Waals surface area contributed by atoms with E-state index in [1.807, 2.05) is 39.0 Å². The minimum Gasteiger partial charge on any atom is -0.497 e. The van der Waals surface area contributed by atoms with Crippen molar-refractivity contribution in [2.75, 3.05) is 27.3 Å². The number of hydrogen-bond acceptors (Lipinski definition) is 5. The molecule has 0 aliphatic carbocycles. The molecule has 2 rings (SSSR count). The van der Waals surface area contributed by atoms with E-state index in [0.717, 1.165) is 28.7 Å². The van der Waals surface area contributed by atoms with E-state index in [1.165, 1.54) is 4.90 Å². The molecule has 0 aromatic heterocycles. The van der Waals surface area contributed by atoms with Crippen LogP contribution in [-0.4, -0.2) is 55.0 Å². The van der Waals surface area contributed by atoms with Crippen molar-refractivity contribution in [2.45, 2.75) is 26.4 Å². The van der Waals surface area contributed by atoms with Crippen molar-refractivity contribution in [3.63, 3.8) is 0 Å². The largest absolute Gasteiger partial charge is 0.497 e. The number of carboxylic acid groups (broad SMARTS) is 1. The van der Waals surface area contributed by atoms with E-state index in [4.69, 9.17) is 19.3 Å². The molecule has 0 unspecified atom stereocenters. The first-order valence-corrected chi connectivity index (χ1v) is 8.33. The van der Waals surface area contributed by atoms with Crippen LogP contribution in [0.5, 0.6) is 11.5 Å². The third-order valence-corrected chi connectivity index (χ3v) is 3.38. The lowest BCUT2D eigenvalue weighted by Gasteiger charge is -2.31. The minimum atomic E-state index is -0.879. The number of carbonyl (C=O) groups excluding carboxylic acids is 1. The van der Waals surface area contributed by atoms with Gasteiger partial charge >= 0.3 is 12.1 Å². The average molecular weight is 377 g/mol. The van der Waals surface area contributed by atoms with Gasteiger partial charge in [-0.05, 0) is 44.0 Å². The molecule has 7 nitrogen and oxygen atoms in total. The van der Waals surface area contributed by atoms with Crippen molar-refractivity contribution in [3.05, 3.63) is 42.0 Å². The van der Waals surface area contributed by atoms with Gasteiger partial charge in [0.2, 0.25) is 0 Å². The number of carbonyl (C=O) groups is 2. The van der Waals surface area contributed by atoms with E-state index < -0.39 is 11.7 Å². The smallest absolute Gasteiger partial charge is 0.407 e. The minimum absolute atomic E-state index is 0.373. The maximum atomic E-state index is 10.6. The molecule has 1 aliphatic heterocycles. The summed E-state index contributed by atoms with van der Waals surface area (Å²) in [7, 11) is 3.20. The lowest BCUT2D eigenvalue weighted by Crippen LogP contribution is -2.43. The van der Waals surface area contributed by atoms with E-state index in [9.17, 15) is 9.59 Å². The Morgan fingerprint density at radius 1 is 1.11 bits per heavy atom. The van der Waals surface area contributed by atoms with Gasteiger partial charge in [-0.2, -0.15) is 0 Å². The van der Waals surface area contributed by atoms with Crippen molar-refractivity contribution in [3.8, 4) is 11.5 Å². The number of nitrogens with zero attached hydrogens (tertiary/aromatic N) is 1. The Kier molecular flexibility index (Phi) is 7.90. The van der Waals surface area contributed by atoms with E-state index in [1.54, 1.807) is 20.3 Å². The van der Waals surface area contributed by atoms with Crippen LogP contribution in [0.1, 0.15) is 26.3 Å². The fraction of sp³-hybridized carbons (Fsp3) is 0.400. The molecule has 1 saturated heterocycles. The first-order chi connectivity index (χ1) is 12.6. The van der Waals surface area contributed by atoms with Crippen LogP contribution in [0.15, 0.2) is 36.4 Å². The highest BCUT2D eigenvalue weighted by Gasteiger charge is 2.24. The summed E-state index contributed by atoms with van der Waals surface area (Å²) in [6, 6.07) is 5.57. The van der Waals surface area contributed by atoms with Gasteiger partial charge in [0.1, 0.15) is 17.1 Å². The number of esters is 1. The molecule has 1 aromatic rings. The quantitative estimate of drug-likeness (QED) is 0.637. The predicted octanol–water partition coefficient (Wildman–Crippen LogP) is 3.59.